The van der Waals surface area contributed by atoms with E-state index in [1.165, 1.54) is 22.3 Å². The molecule has 1 atom stereocenters. The van der Waals surface area contributed by atoms with Gasteiger partial charge in [0.25, 0.3) is 0 Å². The van der Waals surface area contributed by atoms with E-state index in [1.54, 1.807) is 0 Å². The van der Waals surface area contributed by atoms with Gasteiger partial charge in [0.1, 0.15) is 0 Å². The molecule has 1 heterocycles. The van der Waals surface area contributed by atoms with Gasteiger partial charge in [0.2, 0.25) is 0 Å². The van der Waals surface area contributed by atoms with Gasteiger partial charge in [-0.05, 0) is 64.6 Å². The van der Waals surface area contributed by atoms with Gasteiger partial charge in [-0.15, -0.1) is 0 Å². The number of aliphatic imine (C=N–C) groups is 1. The van der Waals surface area contributed by atoms with Crippen LogP contribution in [0.4, 0.5) is 0 Å². The zero-order valence-electron chi connectivity index (χ0n) is 18.6. The highest BCUT2D eigenvalue weighted by molar-refractivity contribution is 6.10. The highest BCUT2D eigenvalue weighted by Crippen LogP contribution is 2.35. The third kappa shape index (κ3) is 4.11. The summed E-state index contributed by atoms with van der Waals surface area (Å²) in [5, 5.41) is 11.3. The topological polar surface area (TPSA) is 32.6 Å². The zero-order valence-corrected chi connectivity index (χ0v) is 18.6. The molecule has 2 nitrogen and oxygen atoms in total. The summed E-state index contributed by atoms with van der Waals surface area (Å²) in [6.07, 6.45) is 8.16. The van der Waals surface area contributed by atoms with E-state index in [2.05, 4.69) is 73.7 Å². The van der Waals surface area contributed by atoms with Gasteiger partial charge in [-0.1, -0.05) is 91.9 Å². The Kier molecular flexibility index (Phi) is 5.87. The number of hydrogen-bond acceptors (Lipinski definition) is 2. The molecular weight excluding hydrogens is 390 g/mol. The molecule has 0 amide bonds. The van der Waals surface area contributed by atoms with Crippen LogP contribution in [-0.2, 0) is 19.3 Å². The molecule has 3 aromatic carbocycles. The normalized spacial score (nSPS) is 15.8. The second-order valence-electron chi connectivity index (χ2n) is 8.67. The Morgan fingerprint density at radius 1 is 0.906 bits per heavy atom. The number of aliphatic hydroxyl groups excluding tert-OH is 1. The van der Waals surface area contributed by atoms with Crippen molar-refractivity contribution in [3.63, 3.8) is 0 Å². The highest BCUT2D eigenvalue weighted by atomic mass is 16.3. The summed E-state index contributed by atoms with van der Waals surface area (Å²) in [7, 11) is 0. The fraction of sp³-hybridized carbons (Fsp3) is 0.233. The van der Waals surface area contributed by atoms with Crippen molar-refractivity contribution in [2.45, 2.75) is 45.1 Å². The third-order valence-electron chi connectivity index (χ3n) is 6.64. The van der Waals surface area contributed by atoms with E-state index in [1.807, 2.05) is 18.2 Å². The lowest BCUT2D eigenvalue weighted by atomic mass is 9.93. The fourth-order valence-electron chi connectivity index (χ4n) is 4.78. The second-order valence-corrected chi connectivity index (χ2v) is 8.67. The van der Waals surface area contributed by atoms with Crippen LogP contribution in [0.5, 0.6) is 0 Å². The Morgan fingerprint density at radius 2 is 1.72 bits per heavy atom. The first-order valence-electron chi connectivity index (χ1n) is 11.6. The van der Waals surface area contributed by atoms with E-state index < -0.39 is 6.10 Å². The van der Waals surface area contributed by atoms with Crippen LogP contribution in [0, 0.1) is 0 Å². The smallest absolute Gasteiger partial charge is 0.0966 e. The number of fused-ring (bicyclic) bond motifs is 1. The van der Waals surface area contributed by atoms with Crippen molar-refractivity contribution in [1.82, 2.24) is 0 Å². The maximum Gasteiger partial charge on any atom is 0.0966 e. The van der Waals surface area contributed by atoms with E-state index in [4.69, 9.17) is 4.99 Å². The minimum absolute atomic E-state index is 0.585. The van der Waals surface area contributed by atoms with Gasteiger partial charge in [-0.2, -0.15) is 0 Å². The summed E-state index contributed by atoms with van der Waals surface area (Å²) >= 11 is 0. The molecule has 0 bridgehead atoms. The van der Waals surface area contributed by atoms with Crippen LogP contribution in [0.25, 0.3) is 11.6 Å². The van der Waals surface area contributed by atoms with Crippen molar-refractivity contribution in [3.8, 4) is 0 Å². The quantitative estimate of drug-likeness (QED) is 0.471. The SMILES string of the molecule is CCc1ccc(C2=C(C(O)CCc3cccc4c3C=CC4)N=C(c3ccccc3)C2)cc1. The largest absolute Gasteiger partial charge is 0.387 e. The average Bonchev–Trinajstić information content (AvgIpc) is 3.51. The van der Waals surface area contributed by atoms with Crippen LogP contribution in [0.2, 0.25) is 0 Å². The second kappa shape index (κ2) is 9.10. The summed E-state index contributed by atoms with van der Waals surface area (Å²) in [5.74, 6) is 0. The Bertz CT molecular complexity index is 1200. The standard InChI is InChI=1S/C30H29NO/c1-2-21-14-16-24(17-15-21)27-20-28(25-8-4-3-5-9-25)31-30(27)29(32)19-18-23-11-6-10-22-12-7-13-26(22)23/h3-11,13-17,29,32H,2,12,18-20H2,1H3. The van der Waals surface area contributed by atoms with Crippen molar-refractivity contribution in [2.75, 3.05) is 0 Å². The number of rotatable bonds is 7. The van der Waals surface area contributed by atoms with Crippen LogP contribution in [0.1, 0.15) is 53.1 Å². The molecule has 0 aromatic heterocycles. The highest BCUT2D eigenvalue weighted by Gasteiger charge is 2.25. The third-order valence-corrected chi connectivity index (χ3v) is 6.64. The predicted octanol–water partition coefficient (Wildman–Crippen LogP) is 6.42. The number of nitrogens with zero attached hydrogens (tertiary/aromatic N) is 1. The number of aliphatic hydroxyl groups is 1. The van der Waals surface area contributed by atoms with E-state index in [9.17, 15) is 5.11 Å². The molecule has 0 spiro atoms. The molecule has 1 N–H and O–H groups in total. The molecule has 1 unspecified atom stereocenters. The van der Waals surface area contributed by atoms with Gasteiger partial charge < -0.3 is 5.11 Å². The Balaban J connectivity index is 1.43. The fourth-order valence-corrected chi connectivity index (χ4v) is 4.78. The van der Waals surface area contributed by atoms with Gasteiger partial charge >= 0.3 is 0 Å². The van der Waals surface area contributed by atoms with Gasteiger partial charge in [0, 0.05) is 6.42 Å². The molecule has 2 heteroatoms. The zero-order chi connectivity index (χ0) is 21.9. The van der Waals surface area contributed by atoms with Crippen molar-refractivity contribution in [2.24, 2.45) is 4.99 Å². The molecule has 0 radical (unpaired) electrons. The summed E-state index contributed by atoms with van der Waals surface area (Å²) < 4.78 is 0. The molecule has 0 saturated carbocycles. The molecule has 1 aliphatic carbocycles. The van der Waals surface area contributed by atoms with Gasteiger partial charge in [-0.3, -0.25) is 4.99 Å². The lowest BCUT2D eigenvalue weighted by Gasteiger charge is -2.15. The number of allylic oxidation sites excluding steroid dienone is 2. The minimum atomic E-state index is -0.585. The Morgan fingerprint density at radius 3 is 2.50 bits per heavy atom. The molecule has 160 valence electrons. The Labute approximate surface area is 190 Å². The average molecular weight is 420 g/mol. The van der Waals surface area contributed by atoms with Gasteiger partial charge in [0.15, 0.2) is 0 Å². The molecule has 1 aliphatic heterocycles. The predicted molar refractivity (Wildman–Crippen MR) is 134 cm³/mol. The number of hydrogen-bond donors (Lipinski definition) is 1. The maximum absolute atomic E-state index is 11.3. The van der Waals surface area contributed by atoms with E-state index >= 15 is 0 Å². The first kappa shape index (κ1) is 20.7. The number of aryl methyl sites for hydroxylation is 2. The molecule has 2 aliphatic rings. The summed E-state index contributed by atoms with van der Waals surface area (Å²) in [6, 6.07) is 25.6. The van der Waals surface area contributed by atoms with Crippen molar-refractivity contribution in [1.29, 1.82) is 0 Å². The molecule has 32 heavy (non-hydrogen) atoms. The monoisotopic (exact) mass is 419 g/mol. The first-order valence-corrected chi connectivity index (χ1v) is 11.6. The first-order chi connectivity index (χ1) is 15.7. The minimum Gasteiger partial charge on any atom is -0.387 e. The van der Waals surface area contributed by atoms with Crippen molar-refractivity contribution < 1.29 is 5.11 Å². The Hall–Kier alpha value is -3.23. The summed E-state index contributed by atoms with van der Waals surface area (Å²) in [5.41, 5.74) is 10.7. The van der Waals surface area contributed by atoms with Crippen LogP contribution in [0.15, 0.2) is 89.6 Å². The van der Waals surface area contributed by atoms with Crippen LogP contribution < -0.4 is 0 Å². The van der Waals surface area contributed by atoms with E-state index in [-0.39, 0.29) is 0 Å². The van der Waals surface area contributed by atoms with E-state index in [0.29, 0.717) is 6.42 Å². The summed E-state index contributed by atoms with van der Waals surface area (Å²) in [4.78, 5) is 4.98. The lowest BCUT2D eigenvalue weighted by Crippen LogP contribution is -2.11. The van der Waals surface area contributed by atoms with Crippen LogP contribution in [-0.4, -0.2) is 16.9 Å². The van der Waals surface area contributed by atoms with Crippen molar-refractivity contribution in [3.05, 3.63) is 118 Å². The van der Waals surface area contributed by atoms with Crippen molar-refractivity contribution >= 4 is 17.4 Å². The van der Waals surface area contributed by atoms with E-state index in [0.717, 1.165) is 53.8 Å². The molecule has 3 aromatic rings. The number of benzene rings is 3. The van der Waals surface area contributed by atoms with Gasteiger partial charge in [-0.25, -0.2) is 0 Å². The lowest BCUT2D eigenvalue weighted by molar-refractivity contribution is 0.200. The molecule has 0 fully saturated rings. The van der Waals surface area contributed by atoms with Gasteiger partial charge in [0.05, 0.1) is 17.5 Å². The maximum atomic E-state index is 11.3. The molecule has 0 saturated heterocycles. The van der Waals surface area contributed by atoms with Crippen LogP contribution >= 0.6 is 0 Å². The molecular formula is C30H29NO. The van der Waals surface area contributed by atoms with Crippen LogP contribution in [0.3, 0.4) is 0 Å². The summed E-state index contributed by atoms with van der Waals surface area (Å²) in [6.45, 7) is 2.17. The molecule has 5 rings (SSSR count).